The molecule has 1 unspecified atom stereocenters. The lowest BCUT2D eigenvalue weighted by atomic mass is 9.82. The van der Waals surface area contributed by atoms with E-state index in [4.69, 9.17) is 0 Å². The summed E-state index contributed by atoms with van der Waals surface area (Å²) in [5, 5.41) is 3.77. The number of aryl methyl sites for hydroxylation is 1. The van der Waals surface area contributed by atoms with Crippen LogP contribution in [0.25, 0.3) is 11.0 Å². The van der Waals surface area contributed by atoms with Gasteiger partial charge in [-0.2, -0.15) is 11.8 Å². The van der Waals surface area contributed by atoms with Gasteiger partial charge in [0.1, 0.15) is 5.82 Å². The number of fused-ring (bicyclic) bond motifs is 1. The highest BCUT2D eigenvalue weighted by Gasteiger charge is 2.31. The van der Waals surface area contributed by atoms with E-state index in [1.165, 1.54) is 23.4 Å². The Morgan fingerprint density at radius 1 is 1.38 bits per heavy atom. The largest absolute Gasteiger partial charge is 0.327 e. The molecule has 2 heterocycles. The quantitative estimate of drug-likeness (QED) is 0.938. The van der Waals surface area contributed by atoms with E-state index in [0.29, 0.717) is 11.5 Å². The fourth-order valence-corrected chi connectivity index (χ4v) is 4.74. The van der Waals surface area contributed by atoms with Gasteiger partial charge in [-0.05, 0) is 36.6 Å². The summed E-state index contributed by atoms with van der Waals surface area (Å²) in [6, 6.07) is 9.02. The van der Waals surface area contributed by atoms with Crippen LogP contribution >= 0.6 is 11.8 Å². The zero-order valence-electron chi connectivity index (χ0n) is 13.2. The van der Waals surface area contributed by atoms with Crippen molar-refractivity contribution < 1.29 is 0 Å². The first-order chi connectivity index (χ1) is 10.1. The molecule has 0 spiro atoms. The summed E-state index contributed by atoms with van der Waals surface area (Å²) in [6.07, 6.45) is 1.31. The second-order valence-corrected chi connectivity index (χ2v) is 7.77. The molecule has 0 saturated carbocycles. The summed E-state index contributed by atoms with van der Waals surface area (Å²) in [7, 11) is 0. The molecule has 1 fully saturated rings. The minimum atomic E-state index is 0.414. The first kappa shape index (κ1) is 14.9. The van der Waals surface area contributed by atoms with Crippen molar-refractivity contribution in [1.29, 1.82) is 0 Å². The van der Waals surface area contributed by atoms with Crippen LogP contribution in [0.5, 0.6) is 0 Å². The van der Waals surface area contributed by atoms with Gasteiger partial charge >= 0.3 is 0 Å². The first-order valence-corrected chi connectivity index (χ1v) is 8.96. The van der Waals surface area contributed by atoms with E-state index in [9.17, 15) is 0 Å². The van der Waals surface area contributed by atoms with E-state index >= 15 is 0 Å². The van der Waals surface area contributed by atoms with Crippen LogP contribution in [0.15, 0.2) is 24.3 Å². The zero-order chi connectivity index (χ0) is 14.9. The van der Waals surface area contributed by atoms with E-state index in [1.54, 1.807) is 0 Å². The third kappa shape index (κ3) is 3.11. The lowest BCUT2D eigenvalue weighted by Gasteiger charge is -2.39. The molecular formula is C17H25N3S. The maximum atomic E-state index is 4.64. The van der Waals surface area contributed by atoms with Crippen LogP contribution in [-0.4, -0.2) is 33.6 Å². The van der Waals surface area contributed by atoms with Crippen LogP contribution in [-0.2, 0) is 6.54 Å². The topological polar surface area (TPSA) is 29.9 Å². The highest BCUT2D eigenvalue weighted by molar-refractivity contribution is 7.99. The van der Waals surface area contributed by atoms with Gasteiger partial charge < -0.3 is 9.88 Å². The number of aromatic nitrogens is 2. The molecular weight excluding hydrogens is 278 g/mol. The number of thioether (sulfide) groups is 1. The average Bonchev–Trinajstić information content (AvgIpc) is 2.77. The molecule has 1 aliphatic heterocycles. The Kier molecular flexibility index (Phi) is 4.27. The second-order valence-electron chi connectivity index (χ2n) is 6.62. The molecule has 3 nitrogen and oxygen atoms in total. The summed E-state index contributed by atoms with van der Waals surface area (Å²) < 4.78 is 2.32. The first-order valence-electron chi connectivity index (χ1n) is 7.81. The fraction of sp³-hybridized carbons (Fsp3) is 0.588. The van der Waals surface area contributed by atoms with E-state index in [2.05, 4.69) is 71.7 Å². The molecule has 1 N–H and O–H groups in total. The average molecular weight is 303 g/mol. The van der Waals surface area contributed by atoms with Crippen LogP contribution in [0, 0.1) is 12.3 Å². The van der Waals surface area contributed by atoms with Crippen molar-refractivity contribution in [3.63, 3.8) is 0 Å². The lowest BCUT2D eigenvalue weighted by Crippen LogP contribution is -2.47. The minimum absolute atomic E-state index is 0.414. The summed E-state index contributed by atoms with van der Waals surface area (Å²) >= 11 is 2.08. The highest BCUT2D eigenvalue weighted by Crippen LogP contribution is 2.34. The number of rotatable bonds is 4. The molecule has 0 amide bonds. The second kappa shape index (κ2) is 6.01. The summed E-state index contributed by atoms with van der Waals surface area (Å²) in [5.41, 5.74) is 2.76. The molecule has 1 saturated heterocycles. The van der Waals surface area contributed by atoms with Gasteiger partial charge in [0.05, 0.1) is 11.0 Å². The van der Waals surface area contributed by atoms with Crippen molar-refractivity contribution in [2.45, 2.75) is 39.8 Å². The Morgan fingerprint density at radius 3 is 3.00 bits per heavy atom. The molecule has 114 valence electrons. The van der Waals surface area contributed by atoms with E-state index in [0.717, 1.165) is 24.4 Å². The number of para-hydroxylation sites is 2. The molecule has 2 aromatic rings. The van der Waals surface area contributed by atoms with E-state index in [1.807, 2.05) is 0 Å². The molecule has 21 heavy (non-hydrogen) atoms. The van der Waals surface area contributed by atoms with E-state index < -0.39 is 0 Å². The molecule has 1 aromatic carbocycles. The Morgan fingerprint density at radius 2 is 2.19 bits per heavy atom. The number of hydrogen-bond donors (Lipinski definition) is 1. The van der Waals surface area contributed by atoms with Gasteiger partial charge in [0.25, 0.3) is 0 Å². The molecule has 3 rings (SSSR count). The van der Waals surface area contributed by atoms with Crippen molar-refractivity contribution in [1.82, 2.24) is 14.9 Å². The third-order valence-electron chi connectivity index (χ3n) is 4.69. The number of hydrogen-bond acceptors (Lipinski definition) is 3. The minimum Gasteiger partial charge on any atom is -0.327 e. The van der Waals surface area contributed by atoms with Crippen molar-refractivity contribution in [2.24, 2.45) is 5.41 Å². The van der Waals surface area contributed by atoms with Crippen LogP contribution < -0.4 is 5.32 Å². The van der Waals surface area contributed by atoms with Crippen LogP contribution in [0.3, 0.4) is 0 Å². The predicted molar refractivity (Wildman–Crippen MR) is 92.0 cm³/mol. The molecule has 1 aliphatic rings. The van der Waals surface area contributed by atoms with Gasteiger partial charge in [-0.25, -0.2) is 4.98 Å². The summed E-state index contributed by atoms with van der Waals surface area (Å²) in [5.74, 6) is 3.64. The Balaban J connectivity index is 1.65. The van der Waals surface area contributed by atoms with Gasteiger partial charge in [0, 0.05) is 24.9 Å². The number of nitrogens with one attached hydrogen (secondary N) is 1. The van der Waals surface area contributed by atoms with Gasteiger partial charge in [-0.15, -0.1) is 0 Å². The Hall–Kier alpha value is -1.00. The molecule has 4 heteroatoms. The fourth-order valence-electron chi connectivity index (χ4n) is 3.10. The van der Waals surface area contributed by atoms with Crippen molar-refractivity contribution in [3.8, 4) is 0 Å². The van der Waals surface area contributed by atoms with Gasteiger partial charge in [-0.1, -0.05) is 26.0 Å². The number of benzene rings is 1. The maximum Gasteiger partial charge on any atom is 0.106 e. The summed E-state index contributed by atoms with van der Waals surface area (Å²) in [4.78, 5) is 4.64. The summed E-state index contributed by atoms with van der Waals surface area (Å²) in [6.45, 7) is 8.88. The normalized spacial score (nSPS) is 21.8. The standard InChI is InChI=1S/C17H25N3S/c1-13-19-14-6-4-5-7-15(14)20(13)10-9-18-16-12-21-11-8-17(16,2)3/h4-7,16,18H,8-12H2,1-3H3. The Bertz CT molecular complexity index is 618. The maximum absolute atomic E-state index is 4.64. The monoisotopic (exact) mass is 303 g/mol. The van der Waals surface area contributed by atoms with Crippen LogP contribution in [0.4, 0.5) is 0 Å². The van der Waals surface area contributed by atoms with Crippen molar-refractivity contribution in [2.75, 3.05) is 18.1 Å². The van der Waals surface area contributed by atoms with Crippen molar-refractivity contribution >= 4 is 22.8 Å². The molecule has 0 radical (unpaired) electrons. The highest BCUT2D eigenvalue weighted by atomic mass is 32.2. The third-order valence-corrected chi connectivity index (χ3v) is 5.75. The molecule has 1 aromatic heterocycles. The van der Waals surface area contributed by atoms with Crippen LogP contribution in [0.2, 0.25) is 0 Å². The lowest BCUT2D eigenvalue weighted by molar-refractivity contribution is 0.244. The molecule has 0 bridgehead atoms. The van der Waals surface area contributed by atoms with Gasteiger partial charge in [0.2, 0.25) is 0 Å². The van der Waals surface area contributed by atoms with E-state index in [-0.39, 0.29) is 0 Å². The van der Waals surface area contributed by atoms with Crippen LogP contribution in [0.1, 0.15) is 26.1 Å². The SMILES string of the molecule is Cc1nc2ccccc2n1CCNC1CSCCC1(C)C. The van der Waals surface area contributed by atoms with Gasteiger partial charge in [-0.3, -0.25) is 0 Å². The Labute approximate surface area is 131 Å². The van der Waals surface area contributed by atoms with Gasteiger partial charge in [0.15, 0.2) is 0 Å². The zero-order valence-corrected chi connectivity index (χ0v) is 14.0. The van der Waals surface area contributed by atoms with Crippen molar-refractivity contribution in [3.05, 3.63) is 30.1 Å². The molecule has 0 aliphatic carbocycles. The number of nitrogens with zero attached hydrogens (tertiary/aromatic N) is 2. The predicted octanol–water partition coefficient (Wildman–Crippen LogP) is 3.47. The smallest absolute Gasteiger partial charge is 0.106 e. The molecule has 1 atom stereocenters. The number of imidazole rings is 1.